The Bertz CT molecular complexity index is 791. The zero-order valence-corrected chi connectivity index (χ0v) is 20.8. The van der Waals surface area contributed by atoms with E-state index in [1.807, 2.05) is 0 Å². The summed E-state index contributed by atoms with van der Waals surface area (Å²) in [5.74, 6) is 2.69. The lowest BCUT2D eigenvalue weighted by atomic mass is 9.23. The Kier molecular flexibility index (Phi) is 5.83. The minimum Gasteiger partial charge on any atom is -0.320 e. The minimum absolute atomic E-state index is 0.364. The molecule has 8 atom stereocenters. The maximum absolute atomic E-state index is 4.22. The Morgan fingerprint density at radius 1 is 0.667 bits per heavy atom. The number of hydrogen-bond donors (Lipinski definition) is 4. The van der Waals surface area contributed by atoms with Crippen molar-refractivity contribution in [3.05, 3.63) is 30.3 Å². The van der Waals surface area contributed by atoms with Gasteiger partial charge in [-0.25, -0.2) is 0 Å². The maximum Gasteiger partial charge on any atom is 0.213 e. The lowest BCUT2D eigenvalue weighted by Crippen LogP contribution is -2.84. The van der Waals surface area contributed by atoms with E-state index in [0.717, 1.165) is 22.3 Å². The Hall–Kier alpha value is -0.525. The summed E-state index contributed by atoms with van der Waals surface area (Å²) in [6, 6.07) is 12.9. The molecule has 0 saturated carbocycles. The highest BCUT2D eigenvalue weighted by Crippen LogP contribution is 2.62. The normalized spacial score (nSPS) is 47.2. The van der Waals surface area contributed by atoms with Crippen LogP contribution in [0.4, 0.5) is 0 Å². The quantitative estimate of drug-likeness (QED) is 0.480. The lowest BCUT2D eigenvalue weighted by Gasteiger charge is -2.71. The first kappa shape index (κ1) is 21.7. The summed E-state index contributed by atoms with van der Waals surface area (Å²) < 4.78 is 0. The molecule has 0 amide bonds. The van der Waals surface area contributed by atoms with Crippen LogP contribution >= 0.6 is 11.8 Å². The summed E-state index contributed by atoms with van der Waals surface area (Å²) in [5, 5.41) is 18.4. The van der Waals surface area contributed by atoms with Crippen LogP contribution in [0.1, 0.15) is 51.4 Å². The van der Waals surface area contributed by atoms with Crippen LogP contribution in [0.25, 0.3) is 0 Å². The van der Waals surface area contributed by atoms with Crippen molar-refractivity contribution in [1.29, 1.82) is 0 Å². The molecule has 33 heavy (non-hydrogen) atoms. The molecule has 178 valence electrons. The van der Waals surface area contributed by atoms with Gasteiger partial charge in [-0.05, 0) is 101 Å². The van der Waals surface area contributed by atoms with Gasteiger partial charge in [-0.3, -0.25) is 0 Å². The number of piperidine rings is 4. The van der Waals surface area contributed by atoms with Crippen LogP contribution in [0.5, 0.6) is 0 Å². The average molecular weight is 465 g/mol. The summed E-state index contributed by atoms with van der Waals surface area (Å²) in [6.45, 7) is 5.41. The number of thioether (sulfide) groups is 1. The fourth-order valence-corrected chi connectivity index (χ4v) is 11.7. The predicted octanol–water partition coefficient (Wildman–Crippen LogP) is 2.19. The van der Waals surface area contributed by atoms with E-state index in [0.29, 0.717) is 36.1 Å². The molecule has 6 heteroatoms. The highest BCUT2D eigenvalue weighted by atomic mass is 32.2. The monoisotopic (exact) mass is 464 g/mol. The lowest BCUT2D eigenvalue weighted by molar-refractivity contribution is -0.0760. The van der Waals surface area contributed by atoms with Gasteiger partial charge in [0.1, 0.15) is 0 Å². The van der Waals surface area contributed by atoms with Gasteiger partial charge in [0.2, 0.25) is 6.71 Å². The molecule has 0 aliphatic carbocycles. The third kappa shape index (κ3) is 3.27. The maximum atomic E-state index is 4.22. The minimum atomic E-state index is 0.364. The first-order chi connectivity index (χ1) is 16.4. The molecular weight excluding hydrogens is 423 g/mol. The van der Waals surface area contributed by atoms with Crippen LogP contribution in [0.15, 0.2) is 30.3 Å². The first-order valence-corrected chi connectivity index (χ1v) is 15.0. The molecule has 6 fully saturated rings. The van der Waals surface area contributed by atoms with Gasteiger partial charge in [0, 0.05) is 28.0 Å². The van der Waals surface area contributed by atoms with Crippen molar-refractivity contribution in [2.45, 2.75) is 85.8 Å². The van der Waals surface area contributed by atoms with E-state index in [-0.39, 0.29) is 0 Å². The second kappa shape index (κ2) is 8.85. The Labute approximate surface area is 204 Å². The molecule has 7 rings (SSSR count). The molecule has 1 aromatic rings. The van der Waals surface area contributed by atoms with Crippen molar-refractivity contribution in [3.63, 3.8) is 0 Å². The Morgan fingerprint density at radius 3 is 1.76 bits per heavy atom. The van der Waals surface area contributed by atoms with Crippen molar-refractivity contribution < 1.29 is 0 Å². The van der Waals surface area contributed by atoms with Gasteiger partial charge in [-0.15, -0.1) is 0 Å². The van der Waals surface area contributed by atoms with E-state index < -0.39 is 0 Å². The van der Waals surface area contributed by atoms with E-state index in [4.69, 9.17) is 0 Å². The van der Waals surface area contributed by atoms with Crippen LogP contribution < -0.4 is 26.7 Å². The van der Waals surface area contributed by atoms with Gasteiger partial charge in [0.15, 0.2) is 0 Å². The van der Waals surface area contributed by atoms with Crippen LogP contribution in [-0.2, 0) is 0 Å². The number of rotatable bonds is 1. The second-order valence-electron chi connectivity index (χ2n) is 11.8. The van der Waals surface area contributed by atoms with E-state index in [2.05, 4.69) is 63.4 Å². The van der Waals surface area contributed by atoms with E-state index in [1.165, 1.54) is 77.5 Å². The van der Waals surface area contributed by atoms with Crippen LogP contribution in [0, 0.1) is 17.3 Å². The molecule has 0 bridgehead atoms. The van der Waals surface area contributed by atoms with E-state index in [9.17, 15) is 0 Å². The topological polar surface area (TPSA) is 48.1 Å². The van der Waals surface area contributed by atoms with Gasteiger partial charge >= 0.3 is 0 Å². The van der Waals surface area contributed by atoms with Crippen molar-refractivity contribution in [1.82, 2.24) is 21.3 Å². The molecule has 6 saturated heterocycles. The van der Waals surface area contributed by atoms with Crippen molar-refractivity contribution in [2.24, 2.45) is 17.3 Å². The summed E-state index contributed by atoms with van der Waals surface area (Å²) in [6.07, 6.45) is 11.1. The van der Waals surface area contributed by atoms with Gasteiger partial charge in [0.05, 0.1) is 0 Å². The third-order valence-electron chi connectivity index (χ3n) is 10.5. The molecule has 6 heterocycles. The van der Waals surface area contributed by atoms with E-state index >= 15 is 0 Å². The Balaban J connectivity index is 1.41. The first-order valence-electron chi connectivity index (χ1n) is 14.0. The molecule has 1 spiro atoms. The molecule has 4 nitrogen and oxygen atoms in total. The summed E-state index contributed by atoms with van der Waals surface area (Å²) in [4.78, 5) is 0. The zero-order valence-electron chi connectivity index (χ0n) is 20.0. The van der Waals surface area contributed by atoms with Crippen LogP contribution in [-0.4, -0.2) is 67.4 Å². The molecule has 6 aliphatic rings. The number of benzene rings is 1. The largest absolute Gasteiger partial charge is 0.320 e. The fraction of sp³-hybridized carbons (Fsp3) is 0.778. The van der Waals surface area contributed by atoms with Gasteiger partial charge in [-0.2, -0.15) is 11.8 Å². The Morgan fingerprint density at radius 2 is 1.18 bits per heavy atom. The summed E-state index contributed by atoms with van der Waals surface area (Å²) in [7, 11) is 0. The van der Waals surface area contributed by atoms with Gasteiger partial charge in [0.25, 0.3) is 0 Å². The van der Waals surface area contributed by atoms with Crippen LogP contribution in [0.2, 0.25) is 0 Å². The highest BCUT2D eigenvalue weighted by molar-refractivity contribution is 8.00. The van der Waals surface area contributed by atoms with Crippen molar-refractivity contribution >= 4 is 23.9 Å². The molecule has 1 aromatic carbocycles. The van der Waals surface area contributed by atoms with Crippen molar-refractivity contribution in [2.75, 3.05) is 26.2 Å². The zero-order chi connectivity index (χ0) is 21.8. The predicted molar refractivity (Wildman–Crippen MR) is 141 cm³/mol. The average Bonchev–Trinajstić information content (AvgIpc) is 2.89. The van der Waals surface area contributed by atoms with Crippen molar-refractivity contribution in [3.8, 4) is 0 Å². The van der Waals surface area contributed by atoms with E-state index in [1.54, 1.807) is 5.46 Å². The highest BCUT2D eigenvalue weighted by Gasteiger charge is 2.69. The molecular formula is C27H41BN4S. The molecule has 0 aromatic heterocycles. The number of nitrogens with one attached hydrogen (secondary N) is 4. The number of fused-ring (bicyclic) bond motifs is 8. The molecule has 8 unspecified atom stereocenters. The number of hydrogen-bond acceptors (Lipinski definition) is 5. The molecule has 0 radical (unpaired) electrons. The summed E-state index contributed by atoms with van der Waals surface area (Å²) in [5.41, 5.74) is 1.93. The molecule has 6 aliphatic heterocycles. The summed E-state index contributed by atoms with van der Waals surface area (Å²) >= 11 is 2.38. The standard InChI is InChI=1S/C27H41BN4S/c1-2-8-18(9-3-1)28-25-19(10-4-16-31-25)27(20-11-5-17-32-26(20)28)23-21(12-6-14-29-23)33-22-13-7-15-30-24(22)27/h1-3,8-9,19-26,29-32H,4-7,10-17H2. The second-order valence-corrected chi connectivity index (χ2v) is 13.2. The SMILES string of the molecule is c1ccc(B2C3NCCCC3C3(C4CCCNC24)C2NCCCC2SC2CCCNC23)cc1. The smallest absolute Gasteiger partial charge is 0.213 e. The fourth-order valence-electron chi connectivity index (χ4n) is 9.64. The van der Waals surface area contributed by atoms with Gasteiger partial charge < -0.3 is 21.3 Å². The molecule has 4 N–H and O–H groups in total. The van der Waals surface area contributed by atoms with Gasteiger partial charge in [-0.1, -0.05) is 35.8 Å². The van der Waals surface area contributed by atoms with Crippen LogP contribution in [0.3, 0.4) is 0 Å². The third-order valence-corrected chi connectivity index (χ3v) is 12.2.